The molecule has 0 spiro atoms. The smallest absolute Gasteiger partial charge is 0.269 e. The number of allylic oxidation sites excluding steroid dienone is 1. The Morgan fingerprint density at radius 1 is 0.964 bits per heavy atom. The lowest BCUT2D eigenvalue weighted by atomic mass is 9.86. The third-order valence-electron chi connectivity index (χ3n) is 4.87. The lowest BCUT2D eigenvalue weighted by molar-refractivity contribution is -0.384. The van der Waals surface area contributed by atoms with Gasteiger partial charge in [0.15, 0.2) is 0 Å². The molecule has 0 heterocycles. The van der Waals surface area contributed by atoms with Crippen molar-refractivity contribution < 1.29 is 10.0 Å². The van der Waals surface area contributed by atoms with Crippen LogP contribution in [0.1, 0.15) is 34.3 Å². The molecule has 4 nitrogen and oxygen atoms in total. The molecule has 0 aromatic heterocycles. The largest absolute Gasteiger partial charge is 0.387 e. The van der Waals surface area contributed by atoms with Crippen LogP contribution in [0.3, 0.4) is 0 Å². The molecule has 0 bridgehead atoms. The van der Waals surface area contributed by atoms with Crippen LogP contribution < -0.4 is 0 Å². The minimum atomic E-state index is -0.797. The number of nitro benzene ring substituents is 1. The topological polar surface area (TPSA) is 63.4 Å². The summed E-state index contributed by atoms with van der Waals surface area (Å²) >= 11 is 0. The molecule has 4 heteroatoms. The van der Waals surface area contributed by atoms with Gasteiger partial charge < -0.3 is 5.11 Å². The first-order chi connectivity index (χ1) is 13.6. The molecule has 0 aliphatic heterocycles. The highest BCUT2D eigenvalue weighted by Gasteiger charge is 2.22. The zero-order chi connectivity index (χ0) is 19.9. The Hall–Kier alpha value is -3.24. The fraction of sp³-hybridized carbons (Fsp3) is 0.167. The van der Waals surface area contributed by atoms with E-state index in [0.29, 0.717) is 5.56 Å². The summed E-state index contributed by atoms with van der Waals surface area (Å²) in [6, 6.07) is 24.2. The maximum atomic E-state index is 11.1. The number of aliphatic hydroxyl groups excluding tert-OH is 1. The van der Waals surface area contributed by atoms with Crippen molar-refractivity contribution >= 4 is 5.69 Å². The van der Waals surface area contributed by atoms with Crippen molar-refractivity contribution in [2.75, 3.05) is 0 Å². The molecular formula is C24H23NO3. The van der Waals surface area contributed by atoms with Crippen LogP contribution in [0.5, 0.6) is 0 Å². The van der Waals surface area contributed by atoms with Gasteiger partial charge in [0, 0.05) is 18.1 Å². The molecule has 0 saturated carbocycles. The van der Waals surface area contributed by atoms with Gasteiger partial charge in [0.2, 0.25) is 0 Å². The van der Waals surface area contributed by atoms with Gasteiger partial charge in [-0.3, -0.25) is 10.1 Å². The number of hydrogen-bond donors (Lipinski definition) is 1. The zero-order valence-corrected chi connectivity index (χ0v) is 15.7. The maximum absolute atomic E-state index is 11.1. The maximum Gasteiger partial charge on any atom is 0.269 e. The number of rotatable bonds is 7. The average Bonchev–Trinajstić information content (AvgIpc) is 2.72. The Morgan fingerprint density at radius 3 is 2.25 bits per heavy atom. The van der Waals surface area contributed by atoms with E-state index in [4.69, 9.17) is 0 Å². The van der Waals surface area contributed by atoms with E-state index < -0.39 is 11.0 Å². The Balaban J connectivity index is 1.89. The highest BCUT2D eigenvalue weighted by atomic mass is 16.6. The molecule has 0 amide bonds. The Bertz CT molecular complexity index is 949. The number of non-ortho nitro benzene ring substituents is 1. The van der Waals surface area contributed by atoms with Crippen molar-refractivity contribution in [1.82, 2.24) is 0 Å². The van der Waals surface area contributed by atoms with Crippen molar-refractivity contribution in [3.63, 3.8) is 0 Å². The van der Waals surface area contributed by atoms with E-state index in [-0.39, 0.29) is 11.6 Å². The van der Waals surface area contributed by atoms with Crippen molar-refractivity contribution in [2.24, 2.45) is 0 Å². The SMILES string of the molecule is Cc1ccccc1C(/C=C\Cc1ccccc1)C(O)c1ccc([N+](=O)[O-])cc1. The molecule has 1 N–H and O–H groups in total. The van der Waals surface area contributed by atoms with Crippen LogP contribution in [-0.2, 0) is 6.42 Å². The normalized spacial score (nSPS) is 13.4. The number of aryl methyl sites for hydroxylation is 1. The summed E-state index contributed by atoms with van der Waals surface area (Å²) in [6.45, 7) is 2.02. The summed E-state index contributed by atoms with van der Waals surface area (Å²) in [4.78, 5) is 10.5. The van der Waals surface area contributed by atoms with Gasteiger partial charge in [-0.15, -0.1) is 0 Å². The van der Waals surface area contributed by atoms with E-state index in [0.717, 1.165) is 17.5 Å². The summed E-state index contributed by atoms with van der Waals surface area (Å²) in [5.74, 6) is -0.244. The Kier molecular flexibility index (Phi) is 6.35. The first kappa shape index (κ1) is 19.5. The van der Waals surface area contributed by atoms with Crippen molar-refractivity contribution in [3.8, 4) is 0 Å². The molecule has 0 aliphatic carbocycles. The zero-order valence-electron chi connectivity index (χ0n) is 15.7. The molecule has 3 aromatic rings. The monoisotopic (exact) mass is 373 g/mol. The highest BCUT2D eigenvalue weighted by Crippen LogP contribution is 2.34. The molecule has 2 atom stereocenters. The summed E-state index contributed by atoms with van der Waals surface area (Å²) < 4.78 is 0. The Labute approximate surface area is 164 Å². The summed E-state index contributed by atoms with van der Waals surface area (Å²) in [5, 5.41) is 22.0. The van der Waals surface area contributed by atoms with Crippen molar-refractivity contribution in [2.45, 2.75) is 25.4 Å². The third-order valence-corrected chi connectivity index (χ3v) is 4.87. The molecule has 28 heavy (non-hydrogen) atoms. The summed E-state index contributed by atoms with van der Waals surface area (Å²) in [5.41, 5.74) is 4.01. The predicted octanol–water partition coefficient (Wildman–Crippen LogP) is 5.52. The van der Waals surface area contributed by atoms with Crippen LogP contribution in [0.25, 0.3) is 0 Å². The summed E-state index contributed by atoms with van der Waals surface area (Å²) in [6.07, 6.45) is 4.08. The van der Waals surface area contributed by atoms with Gasteiger partial charge >= 0.3 is 0 Å². The van der Waals surface area contributed by atoms with Gasteiger partial charge in [-0.2, -0.15) is 0 Å². The van der Waals surface area contributed by atoms with Crippen LogP contribution in [0.2, 0.25) is 0 Å². The summed E-state index contributed by atoms with van der Waals surface area (Å²) in [7, 11) is 0. The number of nitro groups is 1. The average molecular weight is 373 g/mol. The number of benzene rings is 3. The molecule has 3 aromatic carbocycles. The van der Waals surface area contributed by atoms with Gasteiger partial charge in [-0.1, -0.05) is 66.7 Å². The van der Waals surface area contributed by atoms with Crippen LogP contribution in [-0.4, -0.2) is 10.0 Å². The van der Waals surface area contributed by atoms with Gasteiger partial charge in [0.05, 0.1) is 11.0 Å². The second-order valence-corrected chi connectivity index (χ2v) is 6.79. The highest BCUT2D eigenvalue weighted by molar-refractivity contribution is 5.39. The van der Waals surface area contributed by atoms with Crippen LogP contribution >= 0.6 is 0 Å². The van der Waals surface area contributed by atoms with E-state index in [2.05, 4.69) is 18.2 Å². The first-order valence-corrected chi connectivity index (χ1v) is 9.25. The van der Waals surface area contributed by atoms with E-state index in [9.17, 15) is 15.2 Å². The quantitative estimate of drug-likeness (QED) is 0.337. The van der Waals surface area contributed by atoms with E-state index in [1.165, 1.54) is 17.7 Å². The van der Waals surface area contributed by atoms with Gasteiger partial charge in [0.1, 0.15) is 0 Å². The predicted molar refractivity (Wildman–Crippen MR) is 111 cm³/mol. The van der Waals surface area contributed by atoms with Crippen molar-refractivity contribution in [3.05, 3.63) is 123 Å². The van der Waals surface area contributed by atoms with E-state index in [1.54, 1.807) is 12.1 Å². The van der Waals surface area contributed by atoms with Crippen molar-refractivity contribution in [1.29, 1.82) is 0 Å². The lowest BCUT2D eigenvalue weighted by Crippen LogP contribution is -2.10. The second kappa shape index (κ2) is 9.11. The van der Waals surface area contributed by atoms with Gasteiger partial charge in [-0.05, 0) is 47.7 Å². The van der Waals surface area contributed by atoms with Crippen LogP contribution in [0.4, 0.5) is 5.69 Å². The number of hydrogen-bond acceptors (Lipinski definition) is 3. The second-order valence-electron chi connectivity index (χ2n) is 6.79. The number of nitrogens with zero attached hydrogens (tertiary/aromatic N) is 1. The number of aliphatic hydroxyl groups is 1. The molecule has 0 radical (unpaired) electrons. The van der Waals surface area contributed by atoms with E-state index >= 15 is 0 Å². The fourth-order valence-corrected chi connectivity index (χ4v) is 3.31. The fourth-order valence-electron chi connectivity index (χ4n) is 3.31. The minimum absolute atomic E-state index is 0.0167. The lowest BCUT2D eigenvalue weighted by Gasteiger charge is -2.22. The van der Waals surface area contributed by atoms with E-state index in [1.807, 2.05) is 55.5 Å². The molecule has 0 aliphatic rings. The molecular weight excluding hydrogens is 350 g/mol. The standard InChI is InChI=1S/C24H23NO3/c1-18-8-5-6-12-22(18)23(13-7-11-19-9-3-2-4-10-19)24(26)20-14-16-21(17-15-20)25(27)28/h2-10,12-17,23-24,26H,11H2,1H3/b13-7-. The minimum Gasteiger partial charge on any atom is -0.387 e. The van der Waals surface area contributed by atoms with Gasteiger partial charge in [-0.25, -0.2) is 0 Å². The Morgan fingerprint density at radius 2 is 1.61 bits per heavy atom. The third kappa shape index (κ3) is 4.72. The molecule has 0 saturated heterocycles. The molecule has 0 fully saturated rings. The molecule has 142 valence electrons. The molecule has 3 rings (SSSR count). The molecule has 2 unspecified atom stereocenters. The first-order valence-electron chi connectivity index (χ1n) is 9.25. The van der Waals surface area contributed by atoms with Gasteiger partial charge in [0.25, 0.3) is 5.69 Å². The van der Waals surface area contributed by atoms with Crippen LogP contribution in [0, 0.1) is 17.0 Å². The van der Waals surface area contributed by atoms with Crippen LogP contribution in [0.15, 0.2) is 91.0 Å².